The van der Waals surface area contributed by atoms with Crippen molar-refractivity contribution >= 4 is 0 Å². The lowest BCUT2D eigenvalue weighted by Crippen LogP contribution is -2.31. The van der Waals surface area contributed by atoms with Gasteiger partial charge in [0.15, 0.2) is 0 Å². The van der Waals surface area contributed by atoms with Crippen LogP contribution in [-0.2, 0) is 0 Å². The fourth-order valence-corrected chi connectivity index (χ4v) is 1.64. The minimum atomic E-state index is 1.11. The summed E-state index contributed by atoms with van der Waals surface area (Å²) >= 11 is 0. The van der Waals surface area contributed by atoms with E-state index in [0.717, 1.165) is 6.54 Å². The molecule has 14 heavy (non-hydrogen) atoms. The molecule has 2 nitrogen and oxygen atoms in total. The molecule has 0 rings (SSSR count). The summed E-state index contributed by atoms with van der Waals surface area (Å²) in [4.78, 5) is 2.53. The number of hydrogen-bond acceptors (Lipinski definition) is 2. The molecule has 0 aliphatic carbocycles. The minimum absolute atomic E-state index is 1.11. The maximum atomic E-state index is 3.20. The largest absolute Gasteiger partial charge is 0.318 e. The first kappa shape index (κ1) is 13.9. The molecule has 2 heteroatoms. The van der Waals surface area contributed by atoms with Crippen molar-refractivity contribution in [1.82, 2.24) is 10.2 Å². The molecule has 0 saturated carbocycles. The smallest absolute Gasteiger partial charge is 0.0107 e. The number of unbranched alkanes of at least 4 members (excludes halogenated alkanes) is 4. The maximum absolute atomic E-state index is 3.20. The molecule has 0 radical (unpaired) electrons. The zero-order valence-electron chi connectivity index (χ0n) is 10.3. The monoisotopic (exact) mass is 200 g/mol. The Labute approximate surface area is 90.1 Å². The van der Waals surface area contributed by atoms with Gasteiger partial charge in [0.1, 0.15) is 0 Å². The van der Waals surface area contributed by atoms with Gasteiger partial charge in [-0.2, -0.15) is 0 Å². The second kappa shape index (κ2) is 11.0. The Morgan fingerprint density at radius 2 is 1.64 bits per heavy atom. The number of hydrogen-bond donors (Lipinski definition) is 1. The van der Waals surface area contributed by atoms with Crippen molar-refractivity contribution in [2.24, 2.45) is 0 Å². The Morgan fingerprint density at radius 3 is 2.21 bits per heavy atom. The molecule has 0 aromatic rings. The molecule has 0 fully saturated rings. The van der Waals surface area contributed by atoms with Crippen LogP contribution in [0.5, 0.6) is 0 Å². The van der Waals surface area contributed by atoms with Gasteiger partial charge in [0.05, 0.1) is 0 Å². The van der Waals surface area contributed by atoms with Gasteiger partial charge in [0, 0.05) is 13.1 Å². The van der Waals surface area contributed by atoms with Gasteiger partial charge < -0.3 is 10.2 Å². The van der Waals surface area contributed by atoms with Gasteiger partial charge in [-0.1, -0.05) is 39.5 Å². The minimum Gasteiger partial charge on any atom is -0.318 e. The number of rotatable bonds is 10. The average molecular weight is 200 g/mol. The summed E-state index contributed by atoms with van der Waals surface area (Å²) in [5.41, 5.74) is 0. The SMILES string of the molecule is CCCCCCCN(CC)CCNC. The van der Waals surface area contributed by atoms with Crippen LogP contribution < -0.4 is 5.32 Å². The van der Waals surface area contributed by atoms with Crippen molar-refractivity contribution in [3.63, 3.8) is 0 Å². The third-order valence-corrected chi connectivity index (χ3v) is 2.70. The lowest BCUT2D eigenvalue weighted by Gasteiger charge is -2.19. The molecule has 0 heterocycles. The summed E-state index contributed by atoms with van der Waals surface area (Å²) in [6.45, 7) is 9.30. The van der Waals surface area contributed by atoms with Crippen molar-refractivity contribution in [2.45, 2.75) is 46.0 Å². The summed E-state index contributed by atoms with van der Waals surface area (Å²) in [6, 6.07) is 0. The zero-order chi connectivity index (χ0) is 10.6. The van der Waals surface area contributed by atoms with Crippen LogP contribution in [0.1, 0.15) is 46.0 Å². The lowest BCUT2D eigenvalue weighted by molar-refractivity contribution is 0.282. The van der Waals surface area contributed by atoms with Crippen molar-refractivity contribution in [2.75, 3.05) is 33.2 Å². The van der Waals surface area contributed by atoms with Crippen LogP contribution in [0.25, 0.3) is 0 Å². The van der Waals surface area contributed by atoms with E-state index in [2.05, 4.69) is 24.1 Å². The predicted molar refractivity (Wildman–Crippen MR) is 64.8 cm³/mol. The van der Waals surface area contributed by atoms with Gasteiger partial charge in [-0.25, -0.2) is 0 Å². The Kier molecular flexibility index (Phi) is 10.9. The van der Waals surface area contributed by atoms with Crippen molar-refractivity contribution < 1.29 is 0 Å². The van der Waals surface area contributed by atoms with Crippen LogP contribution in [0.15, 0.2) is 0 Å². The molecule has 0 aliphatic rings. The first-order valence-electron chi connectivity index (χ1n) is 6.22. The lowest BCUT2D eigenvalue weighted by atomic mass is 10.1. The molecule has 1 N–H and O–H groups in total. The molecule has 0 bridgehead atoms. The highest BCUT2D eigenvalue weighted by Gasteiger charge is 2.00. The summed E-state index contributed by atoms with van der Waals surface area (Å²) in [5, 5.41) is 3.20. The van der Waals surface area contributed by atoms with Crippen LogP contribution in [-0.4, -0.2) is 38.1 Å². The fraction of sp³-hybridized carbons (Fsp3) is 1.00. The Balaban J connectivity index is 3.24. The van der Waals surface area contributed by atoms with E-state index in [1.165, 1.54) is 51.7 Å². The Hall–Kier alpha value is -0.0800. The van der Waals surface area contributed by atoms with E-state index >= 15 is 0 Å². The van der Waals surface area contributed by atoms with E-state index < -0.39 is 0 Å². The van der Waals surface area contributed by atoms with Crippen molar-refractivity contribution in [1.29, 1.82) is 0 Å². The second-order valence-electron chi connectivity index (χ2n) is 3.95. The molecule has 86 valence electrons. The summed E-state index contributed by atoms with van der Waals surface area (Å²) in [6.07, 6.45) is 6.95. The zero-order valence-corrected chi connectivity index (χ0v) is 10.3. The molecule has 0 saturated heterocycles. The maximum Gasteiger partial charge on any atom is 0.0107 e. The number of nitrogens with zero attached hydrogens (tertiary/aromatic N) is 1. The molecule has 0 amide bonds. The molecule has 0 spiro atoms. The van der Waals surface area contributed by atoms with Gasteiger partial charge in [-0.05, 0) is 26.6 Å². The molecular weight excluding hydrogens is 172 g/mol. The van der Waals surface area contributed by atoms with Crippen LogP contribution in [0.3, 0.4) is 0 Å². The van der Waals surface area contributed by atoms with Crippen LogP contribution in [0.4, 0.5) is 0 Å². The van der Waals surface area contributed by atoms with Gasteiger partial charge in [-0.3, -0.25) is 0 Å². The summed E-state index contributed by atoms with van der Waals surface area (Å²) in [5.74, 6) is 0. The highest BCUT2D eigenvalue weighted by atomic mass is 15.1. The second-order valence-corrected chi connectivity index (χ2v) is 3.95. The summed E-state index contributed by atoms with van der Waals surface area (Å²) in [7, 11) is 2.02. The normalized spacial score (nSPS) is 11.1. The quantitative estimate of drug-likeness (QED) is 0.545. The predicted octanol–water partition coefficient (Wildman–Crippen LogP) is 2.50. The molecule has 0 aromatic heterocycles. The van der Waals surface area contributed by atoms with Crippen LogP contribution in [0.2, 0.25) is 0 Å². The van der Waals surface area contributed by atoms with E-state index in [4.69, 9.17) is 0 Å². The van der Waals surface area contributed by atoms with Crippen molar-refractivity contribution in [3.05, 3.63) is 0 Å². The first-order chi connectivity index (χ1) is 6.85. The van der Waals surface area contributed by atoms with Gasteiger partial charge in [-0.15, -0.1) is 0 Å². The van der Waals surface area contributed by atoms with Gasteiger partial charge >= 0.3 is 0 Å². The van der Waals surface area contributed by atoms with Crippen LogP contribution >= 0.6 is 0 Å². The number of nitrogens with one attached hydrogen (secondary N) is 1. The van der Waals surface area contributed by atoms with Crippen molar-refractivity contribution in [3.8, 4) is 0 Å². The van der Waals surface area contributed by atoms with E-state index in [0.29, 0.717) is 0 Å². The summed E-state index contributed by atoms with van der Waals surface area (Å²) < 4.78 is 0. The van der Waals surface area contributed by atoms with Gasteiger partial charge in [0.25, 0.3) is 0 Å². The Morgan fingerprint density at radius 1 is 0.929 bits per heavy atom. The van der Waals surface area contributed by atoms with E-state index in [1.807, 2.05) is 7.05 Å². The standard InChI is InChI=1S/C12H28N2/c1-4-6-7-8-9-11-14(5-2)12-10-13-3/h13H,4-12H2,1-3H3. The van der Waals surface area contributed by atoms with E-state index in [-0.39, 0.29) is 0 Å². The molecule has 0 atom stereocenters. The topological polar surface area (TPSA) is 15.3 Å². The fourth-order valence-electron chi connectivity index (χ4n) is 1.64. The van der Waals surface area contributed by atoms with Gasteiger partial charge in [0.2, 0.25) is 0 Å². The first-order valence-corrected chi connectivity index (χ1v) is 6.22. The van der Waals surface area contributed by atoms with E-state index in [1.54, 1.807) is 0 Å². The Bertz CT molecular complexity index is 104. The molecule has 0 unspecified atom stereocenters. The molecule has 0 aromatic carbocycles. The van der Waals surface area contributed by atoms with Crippen LogP contribution in [0, 0.1) is 0 Å². The molecular formula is C12H28N2. The molecule has 0 aliphatic heterocycles. The van der Waals surface area contributed by atoms with E-state index in [9.17, 15) is 0 Å². The number of likely N-dealkylation sites (N-methyl/N-ethyl adjacent to an activating group) is 2. The third kappa shape index (κ3) is 8.52. The average Bonchev–Trinajstić information content (AvgIpc) is 2.22. The highest BCUT2D eigenvalue weighted by Crippen LogP contribution is 2.03. The third-order valence-electron chi connectivity index (χ3n) is 2.70. The highest BCUT2D eigenvalue weighted by molar-refractivity contribution is 4.57.